The highest BCUT2D eigenvalue weighted by Crippen LogP contribution is 2.61. The first-order chi connectivity index (χ1) is 15.9. The van der Waals surface area contributed by atoms with Gasteiger partial charge in [0.1, 0.15) is 5.75 Å². The Balaban J connectivity index is 1.67. The van der Waals surface area contributed by atoms with Crippen LogP contribution in [0.3, 0.4) is 0 Å². The molecule has 1 amide bonds. The van der Waals surface area contributed by atoms with Gasteiger partial charge < -0.3 is 15.4 Å². The third-order valence-corrected chi connectivity index (χ3v) is 8.27. The number of halogens is 6. The summed E-state index contributed by atoms with van der Waals surface area (Å²) in [5, 5.41) is 0.175. The summed E-state index contributed by atoms with van der Waals surface area (Å²) in [6.45, 7) is 0.483. The molecule has 2 fully saturated rings. The number of hydrogen-bond acceptors (Lipinski definition) is 7. The quantitative estimate of drug-likeness (QED) is 0.581. The zero-order valence-corrected chi connectivity index (χ0v) is 19.8. The lowest BCUT2D eigenvalue weighted by Gasteiger charge is -2.24. The maximum Gasteiger partial charge on any atom is 0.443 e. The zero-order chi connectivity index (χ0) is 26.2. The highest BCUT2D eigenvalue weighted by atomic mass is 32.2. The van der Waals surface area contributed by atoms with Crippen LogP contribution in [0.4, 0.5) is 26.3 Å². The number of rotatable bonds is 5. The van der Waals surface area contributed by atoms with E-state index in [1.54, 1.807) is 0 Å². The number of fused-ring (bicyclic) bond motifs is 1. The van der Waals surface area contributed by atoms with Gasteiger partial charge in [0.2, 0.25) is 0 Å². The standard InChI is InChI=1S/C20H19F6N3O4S2/c1-10(19(21,22)23)33-13-4-3-11(35(2,31)32)5-12(13)15(30)29-8-17(7-18(17,27)9-29)14-6-34-16(28-14)20(24,25)26/h3-6,10H,7-9,27H2,1-2H3/t10-,17?,18?/m1/s1. The van der Waals surface area contributed by atoms with Gasteiger partial charge in [-0.3, -0.25) is 4.79 Å². The smallest absolute Gasteiger partial charge is 0.443 e. The molecule has 1 saturated heterocycles. The average molecular weight is 544 g/mol. The number of amides is 1. The number of thiazole rings is 1. The minimum absolute atomic E-state index is 0.0830. The Morgan fingerprint density at radius 1 is 1.23 bits per heavy atom. The molecule has 1 aliphatic carbocycles. The molecular formula is C20H19F6N3O4S2. The Hall–Kier alpha value is -2.39. The molecule has 2 heterocycles. The number of likely N-dealkylation sites (tertiary alicyclic amines) is 1. The molecule has 2 aliphatic rings. The van der Waals surface area contributed by atoms with Gasteiger partial charge in [0.05, 0.1) is 21.6 Å². The first-order valence-electron chi connectivity index (χ1n) is 10.1. The van der Waals surface area contributed by atoms with Crippen molar-refractivity contribution < 1.29 is 44.3 Å². The van der Waals surface area contributed by atoms with Crippen LogP contribution in [0.5, 0.6) is 5.75 Å². The summed E-state index contributed by atoms with van der Waals surface area (Å²) in [6, 6.07) is 2.90. The van der Waals surface area contributed by atoms with Crippen molar-refractivity contribution in [2.75, 3.05) is 19.3 Å². The fourth-order valence-electron chi connectivity index (χ4n) is 4.27. The summed E-state index contributed by atoms with van der Waals surface area (Å²) in [5.41, 5.74) is 3.86. The summed E-state index contributed by atoms with van der Waals surface area (Å²) in [4.78, 5) is 17.9. The molecule has 2 unspecified atom stereocenters. The molecule has 4 rings (SSSR count). The van der Waals surface area contributed by atoms with E-state index in [4.69, 9.17) is 10.5 Å². The van der Waals surface area contributed by atoms with E-state index < -0.39 is 61.5 Å². The second-order valence-electron chi connectivity index (χ2n) is 8.84. The Bertz CT molecular complexity index is 1290. The van der Waals surface area contributed by atoms with Crippen LogP contribution in [0.15, 0.2) is 28.5 Å². The summed E-state index contributed by atoms with van der Waals surface area (Å²) in [7, 11) is -3.82. The lowest BCUT2D eigenvalue weighted by Crippen LogP contribution is -2.37. The molecule has 35 heavy (non-hydrogen) atoms. The number of aromatic nitrogens is 1. The molecule has 2 N–H and O–H groups in total. The fraction of sp³-hybridized carbons (Fsp3) is 0.500. The minimum Gasteiger partial charge on any atom is -0.480 e. The van der Waals surface area contributed by atoms with Crippen molar-refractivity contribution in [3.05, 3.63) is 39.8 Å². The van der Waals surface area contributed by atoms with Gasteiger partial charge in [-0.1, -0.05) is 0 Å². The first kappa shape index (κ1) is 25.7. The predicted octanol–water partition coefficient (Wildman–Crippen LogP) is 3.39. The Kier molecular flexibility index (Phi) is 5.73. The Morgan fingerprint density at radius 3 is 2.43 bits per heavy atom. The molecule has 1 saturated carbocycles. The van der Waals surface area contributed by atoms with E-state index >= 15 is 0 Å². The molecule has 3 atom stereocenters. The fourth-order valence-corrected chi connectivity index (χ4v) is 5.70. The molecule has 192 valence electrons. The van der Waals surface area contributed by atoms with Crippen LogP contribution in [0, 0.1) is 0 Å². The van der Waals surface area contributed by atoms with Crippen LogP contribution in [0.25, 0.3) is 0 Å². The maximum absolute atomic E-state index is 13.3. The highest BCUT2D eigenvalue weighted by Gasteiger charge is 2.73. The van der Waals surface area contributed by atoms with Crippen LogP contribution in [0.1, 0.15) is 34.4 Å². The largest absolute Gasteiger partial charge is 0.480 e. The Morgan fingerprint density at radius 2 is 1.89 bits per heavy atom. The monoisotopic (exact) mass is 543 g/mol. The van der Waals surface area contributed by atoms with Crippen molar-refractivity contribution in [2.45, 2.75) is 47.7 Å². The molecule has 2 aromatic rings. The van der Waals surface area contributed by atoms with Crippen LogP contribution < -0.4 is 10.5 Å². The van der Waals surface area contributed by atoms with E-state index in [1.165, 1.54) is 10.3 Å². The average Bonchev–Trinajstić information content (AvgIpc) is 3.07. The SMILES string of the molecule is C[C@@H](Oc1ccc(S(C)(=O)=O)cc1C(=O)N1CC2(N)CC2(c2csc(C(F)(F)F)n2)C1)C(F)(F)F. The van der Waals surface area contributed by atoms with Crippen molar-refractivity contribution in [1.82, 2.24) is 9.88 Å². The molecule has 7 nitrogen and oxygen atoms in total. The number of benzene rings is 1. The first-order valence-corrected chi connectivity index (χ1v) is 12.8. The van der Waals surface area contributed by atoms with Crippen molar-refractivity contribution in [2.24, 2.45) is 5.73 Å². The highest BCUT2D eigenvalue weighted by molar-refractivity contribution is 7.90. The third kappa shape index (κ3) is 4.48. The summed E-state index contributed by atoms with van der Waals surface area (Å²) in [6.07, 6.45) is -10.6. The van der Waals surface area contributed by atoms with Gasteiger partial charge in [-0.25, -0.2) is 13.4 Å². The molecule has 1 aromatic carbocycles. The maximum atomic E-state index is 13.3. The van der Waals surface area contributed by atoms with Crippen molar-refractivity contribution >= 4 is 27.1 Å². The number of alkyl halides is 6. The number of carbonyl (C=O) groups is 1. The molecule has 1 aromatic heterocycles. The molecule has 0 bridgehead atoms. The lowest BCUT2D eigenvalue weighted by atomic mass is 10.0. The van der Waals surface area contributed by atoms with Crippen molar-refractivity contribution in [3.8, 4) is 5.75 Å². The second-order valence-corrected chi connectivity index (χ2v) is 11.7. The van der Waals surface area contributed by atoms with Crippen molar-refractivity contribution in [1.29, 1.82) is 0 Å². The van der Waals surface area contributed by atoms with E-state index in [9.17, 15) is 39.6 Å². The lowest BCUT2D eigenvalue weighted by molar-refractivity contribution is -0.189. The molecule has 0 spiro atoms. The number of nitrogens with zero attached hydrogens (tertiary/aromatic N) is 2. The summed E-state index contributed by atoms with van der Waals surface area (Å²) < 4.78 is 107. The van der Waals surface area contributed by atoms with E-state index in [0.29, 0.717) is 11.3 Å². The Labute approximate surface area is 199 Å². The number of sulfone groups is 1. The van der Waals surface area contributed by atoms with Gasteiger partial charge in [0, 0.05) is 30.3 Å². The molecular weight excluding hydrogens is 524 g/mol. The van der Waals surface area contributed by atoms with E-state index in [0.717, 1.165) is 31.4 Å². The van der Waals surface area contributed by atoms with Crippen LogP contribution >= 0.6 is 11.3 Å². The number of ether oxygens (including phenoxy) is 1. The van der Waals surface area contributed by atoms with Crippen LogP contribution in [-0.4, -0.2) is 61.4 Å². The molecule has 15 heteroatoms. The van der Waals surface area contributed by atoms with Crippen LogP contribution in [-0.2, 0) is 21.4 Å². The minimum atomic E-state index is -4.75. The third-order valence-electron chi connectivity index (χ3n) is 6.28. The number of hydrogen-bond donors (Lipinski definition) is 1. The van der Waals surface area contributed by atoms with E-state index in [1.807, 2.05) is 0 Å². The zero-order valence-electron chi connectivity index (χ0n) is 18.2. The predicted molar refractivity (Wildman–Crippen MR) is 112 cm³/mol. The molecule has 1 aliphatic heterocycles. The van der Waals surface area contributed by atoms with E-state index in [-0.39, 0.29) is 30.1 Å². The van der Waals surface area contributed by atoms with Crippen LogP contribution in [0.2, 0.25) is 0 Å². The van der Waals surface area contributed by atoms with E-state index in [2.05, 4.69) is 4.98 Å². The second kappa shape index (κ2) is 7.80. The number of carbonyl (C=O) groups excluding carboxylic acids is 1. The summed E-state index contributed by atoms with van der Waals surface area (Å²) in [5.74, 6) is -1.34. The normalized spacial score (nSPS) is 25.3. The summed E-state index contributed by atoms with van der Waals surface area (Å²) >= 11 is 0.401. The van der Waals surface area contributed by atoms with Gasteiger partial charge in [0.25, 0.3) is 5.91 Å². The van der Waals surface area contributed by atoms with Gasteiger partial charge in [-0.2, -0.15) is 26.3 Å². The molecule has 0 radical (unpaired) electrons. The van der Waals surface area contributed by atoms with Gasteiger partial charge >= 0.3 is 12.4 Å². The van der Waals surface area contributed by atoms with Gasteiger partial charge in [-0.05, 0) is 31.5 Å². The van der Waals surface area contributed by atoms with Gasteiger partial charge in [0.15, 0.2) is 20.9 Å². The number of piperidine rings is 1. The number of nitrogens with two attached hydrogens (primary N) is 1. The van der Waals surface area contributed by atoms with Gasteiger partial charge in [-0.15, -0.1) is 11.3 Å². The topological polar surface area (TPSA) is 103 Å². The van der Waals surface area contributed by atoms with Crippen molar-refractivity contribution in [3.63, 3.8) is 0 Å².